The molecule has 0 saturated heterocycles. The lowest BCUT2D eigenvalue weighted by atomic mass is 10.1. The summed E-state index contributed by atoms with van der Waals surface area (Å²) in [7, 11) is 0. The fourth-order valence-corrected chi connectivity index (χ4v) is 2.22. The molecule has 0 amide bonds. The first-order valence-electron chi connectivity index (χ1n) is 5.39. The average molecular weight is 279 g/mol. The summed E-state index contributed by atoms with van der Waals surface area (Å²) in [6, 6.07) is 4.20. The van der Waals surface area contributed by atoms with Gasteiger partial charge >= 0.3 is 10.8 Å². The topological polar surface area (TPSA) is 59.3 Å². The number of thiazole rings is 1. The van der Waals surface area contributed by atoms with Crippen molar-refractivity contribution in [2.75, 3.05) is 0 Å². The van der Waals surface area contributed by atoms with Gasteiger partial charge in [0.1, 0.15) is 5.82 Å². The highest BCUT2D eigenvalue weighted by Crippen LogP contribution is 2.12. The quantitative estimate of drug-likeness (QED) is 0.873. The number of hydrogen-bond acceptors (Lipinski definition) is 3. The predicted molar refractivity (Wildman–Crippen MR) is 70.8 cm³/mol. The third kappa shape index (κ3) is 3.62. The maximum atomic E-state index is 13.4. The Balaban J connectivity index is 2.29. The normalized spacial score (nSPS) is 11.0. The monoisotopic (exact) mass is 279 g/mol. The van der Waals surface area contributed by atoms with Gasteiger partial charge in [0, 0.05) is 17.7 Å². The first-order valence-corrected chi connectivity index (χ1v) is 6.27. The number of hydrogen-bond donors (Lipinski definition) is 1. The Kier molecular flexibility index (Phi) is 3.91. The maximum absolute atomic E-state index is 13.4. The molecule has 4 nitrogen and oxygen atoms in total. The van der Waals surface area contributed by atoms with Gasteiger partial charge in [-0.3, -0.25) is 4.79 Å². The second kappa shape index (κ2) is 5.62. The summed E-state index contributed by atoms with van der Waals surface area (Å²) >= 11 is 1.07. The molecule has 98 valence electrons. The zero-order chi connectivity index (χ0) is 13.8. The smallest absolute Gasteiger partial charge is 0.328 e. The van der Waals surface area contributed by atoms with E-state index in [4.69, 9.17) is 5.11 Å². The lowest BCUT2D eigenvalue weighted by Gasteiger charge is -2.04. The molecule has 0 aliphatic carbocycles. The molecular weight excluding hydrogens is 269 g/mol. The molecule has 6 heteroatoms. The molecule has 0 spiro atoms. The van der Waals surface area contributed by atoms with Crippen LogP contribution >= 0.6 is 11.3 Å². The number of aliphatic carboxylic acids is 1. The van der Waals surface area contributed by atoms with E-state index in [9.17, 15) is 14.0 Å². The summed E-state index contributed by atoms with van der Waals surface area (Å²) in [4.78, 5) is 21.7. The second-order valence-electron chi connectivity index (χ2n) is 3.86. The molecule has 0 saturated carbocycles. The zero-order valence-electron chi connectivity index (χ0n) is 9.75. The Hall–Kier alpha value is -2.21. The van der Waals surface area contributed by atoms with E-state index < -0.39 is 11.8 Å². The highest BCUT2D eigenvalue weighted by molar-refractivity contribution is 7.07. The third-order valence-corrected chi connectivity index (χ3v) is 3.09. The van der Waals surface area contributed by atoms with Crippen LogP contribution in [-0.2, 0) is 11.3 Å². The summed E-state index contributed by atoms with van der Waals surface area (Å²) in [5.74, 6) is -1.56. The maximum Gasteiger partial charge on any atom is 0.328 e. The lowest BCUT2D eigenvalue weighted by molar-refractivity contribution is -0.131. The first kappa shape index (κ1) is 13.2. The van der Waals surface area contributed by atoms with Crippen LogP contribution in [0.5, 0.6) is 0 Å². The summed E-state index contributed by atoms with van der Waals surface area (Å²) in [6.45, 7) is 0.258. The number of carboxylic acid groups (broad SMARTS) is 1. The third-order valence-electron chi connectivity index (χ3n) is 2.40. The van der Waals surface area contributed by atoms with E-state index >= 15 is 0 Å². The van der Waals surface area contributed by atoms with Crippen LogP contribution in [-0.4, -0.2) is 15.6 Å². The van der Waals surface area contributed by atoms with Crippen LogP contribution in [0.15, 0.2) is 40.6 Å². The first-order chi connectivity index (χ1) is 9.04. The molecule has 1 heterocycles. The minimum Gasteiger partial charge on any atom is -0.478 e. The lowest BCUT2D eigenvalue weighted by Crippen LogP contribution is -2.12. The van der Waals surface area contributed by atoms with Crippen molar-refractivity contribution < 1.29 is 14.3 Å². The van der Waals surface area contributed by atoms with Gasteiger partial charge in [0.05, 0.1) is 6.54 Å². The number of rotatable bonds is 4. The summed E-state index contributed by atoms with van der Waals surface area (Å²) in [5, 5.41) is 10.2. The molecule has 0 atom stereocenters. The van der Waals surface area contributed by atoms with E-state index in [-0.39, 0.29) is 11.4 Å². The van der Waals surface area contributed by atoms with E-state index in [0.29, 0.717) is 11.1 Å². The molecule has 0 aliphatic heterocycles. The van der Waals surface area contributed by atoms with Crippen molar-refractivity contribution >= 4 is 23.4 Å². The van der Waals surface area contributed by atoms with Crippen molar-refractivity contribution in [3.8, 4) is 0 Å². The molecule has 2 rings (SSSR count). The van der Waals surface area contributed by atoms with Crippen LogP contribution in [0, 0.1) is 5.82 Å². The largest absolute Gasteiger partial charge is 0.478 e. The molecule has 1 N–H and O–H groups in total. The molecule has 2 aromatic rings. The molecular formula is C13H10FNO3S. The van der Waals surface area contributed by atoms with E-state index in [1.807, 2.05) is 0 Å². The highest BCUT2D eigenvalue weighted by atomic mass is 32.1. The van der Waals surface area contributed by atoms with Crippen LogP contribution < -0.4 is 4.87 Å². The van der Waals surface area contributed by atoms with Crippen LogP contribution in [0.1, 0.15) is 11.1 Å². The van der Waals surface area contributed by atoms with E-state index in [2.05, 4.69) is 0 Å². The molecule has 1 aromatic carbocycles. The molecule has 0 bridgehead atoms. The van der Waals surface area contributed by atoms with Crippen molar-refractivity contribution in [1.29, 1.82) is 0 Å². The number of nitrogens with zero attached hydrogens (tertiary/aromatic N) is 1. The van der Waals surface area contributed by atoms with Gasteiger partial charge in [-0.1, -0.05) is 11.3 Å². The van der Waals surface area contributed by atoms with Crippen molar-refractivity contribution in [2.45, 2.75) is 6.54 Å². The minimum atomic E-state index is -1.10. The number of carbonyl (C=O) groups is 1. The van der Waals surface area contributed by atoms with Gasteiger partial charge in [-0.15, -0.1) is 0 Å². The Bertz CT molecular complexity index is 687. The van der Waals surface area contributed by atoms with Gasteiger partial charge in [0.15, 0.2) is 0 Å². The van der Waals surface area contributed by atoms with Crippen LogP contribution in [0.2, 0.25) is 0 Å². The molecule has 0 radical (unpaired) electrons. The number of aromatic nitrogens is 1. The zero-order valence-corrected chi connectivity index (χ0v) is 10.6. The van der Waals surface area contributed by atoms with E-state index in [1.165, 1.54) is 22.8 Å². The number of benzene rings is 1. The van der Waals surface area contributed by atoms with Gasteiger partial charge in [-0.2, -0.15) is 0 Å². The van der Waals surface area contributed by atoms with Crippen molar-refractivity contribution in [1.82, 2.24) is 4.57 Å². The molecule has 19 heavy (non-hydrogen) atoms. The van der Waals surface area contributed by atoms with E-state index in [0.717, 1.165) is 17.4 Å². The van der Waals surface area contributed by atoms with Gasteiger partial charge in [-0.05, 0) is 35.4 Å². The van der Waals surface area contributed by atoms with Crippen molar-refractivity contribution in [3.05, 3.63) is 62.5 Å². The van der Waals surface area contributed by atoms with E-state index in [1.54, 1.807) is 17.6 Å². The summed E-state index contributed by atoms with van der Waals surface area (Å²) < 4.78 is 14.9. The highest BCUT2D eigenvalue weighted by Gasteiger charge is 2.03. The Morgan fingerprint density at radius 3 is 2.84 bits per heavy atom. The molecule has 0 fully saturated rings. The standard InChI is InChI=1S/C13H10FNO3S/c14-11-6-9(1-2-12(16)17)5-10(7-11)8-15-3-4-19-13(15)18/h1-7H,8H2,(H,16,17). The number of halogens is 1. The van der Waals surface area contributed by atoms with Gasteiger partial charge in [-0.25, -0.2) is 9.18 Å². The molecule has 0 aliphatic rings. The molecule has 1 aromatic heterocycles. The van der Waals surface area contributed by atoms with Gasteiger partial charge in [0.25, 0.3) is 0 Å². The Labute approximate surface area is 112 Å². The fourth-order valence-electron chi connectivity index (χ4n) is 1.64. The van der Waals surface area contributed by atoms with Crippen LogP contribution in [0.3, 0.4) is 0 Å². The SMILES string of the molecule is O=C(O)C=Cc1cc(F)cc(Cn2ccsc2=O)c1. The van der Waals surface area contributed by atoms with Crippen molar-refractivity contribution in [3.63, 3.8) is 0 Å². The van der Waals surface area contributed by atoms with Gasteiger partial charge in [0.2, 0.25) is 0 Å². The predicted octanol–water partition coefficient (Wildman–Crippen LogP) is 2.20. The summed E-state index contributed by atoms with van der Waals surface area (Å²) in [5.41, 5.74) is 1.05. The Morgan fingerprint density at radius 2 is 2.21 bits per heavy atom. The summed E-state index contributed by atoms with van der Waals surface area (Å²) in [6.07, 6.45) is 3.88. The fraction of sp³-hybridized carbons (Fsp3) is 0.0769. The van der Waals surface area contributed by atoms with Crippen molar-refractivity contribution in [2.24, 2.45) is 0 Å². The van der Waals surface area contributed by atoms with Crippen LogP contribution in [0.25, 0.3) is 6.08 Å². The second-order valence-corrected chi connectivity index (χ2v) is 4.72. The minimum absolute atomic E-state index is 0.119. The van der Waals surface area contributed by atoms with Gasteiger partial charge < -0.3 is 9.67 Å². The van der Waals surface area contributed by atoms with Crippen LogP contribution in [0.4, 0.5) is 4.39 Å². The Morgan fingerprint density at radius 1 is 1.42 bits per heavy atom. The number of carboxylic acids is 1. The molecule has 0 unspecified atom stereocenters. The average Bonchev–Trinajstić information content (AvgIpc) is 2.72.